The summed E-state index contributed by atoms with van der Waals surface area (Å²) in [5.41, 5.74) is -0.826. The largest absolute Gasteiger partial charge is 0.491 e. The highest BCUT2D eigenvalue weighted by atomic mass is 35.5. The molecule has 1 unspecified atom stereocenters. The maximum absolute atomic E-state index is 12.7. The maximum Gasteiger partial charge on any atom is 0.416 e. The average Bonchev–Trinajstić information content (AvgIpc) is 2.76. The Morgan fingerprint density at radius 3 is 2.68 bits per heavy atom. The quantitative estimate of drug-likeness (QED) is 0.665. The zero-order chi connectivity index (χ0) is 22.4. The SMILES string of the molecule is O=C(NCC(O)COc1cccc(C(F)(F)F)c1)C1CCN(c2ccc(Cl)cn2)CC1. The highest BCUT2D eigenvalue weighted by Crippen LogP contribution is 2.31. The van der Waals surface area contributed by atoms with Crippen molar-refractivity contribution in [2.45, 2.75) is 25.1 Å². The van der Waals surface area contributed by atoms with E-state index in [-0.39, 0.29) is 30.7 Å². The molecule has 2 aromatic rings. The Morgan fingerprint density at radius 1 is 1.29 bits per heavy atom. The number of hydrogen-bond acceptors (Lipinski definition) is 5. The van der Waals surface area contributed by atoms with Crippen molar-refractivity contribution in [3.63, 3.8) is 0 Å². The second-order valence-electron chi connectivity index (χ2n) is 7.33. The topological polar surface area (TPSA) is 74.7 Å². The zero-order valence-corrected chi connectivity index (χ0v) is 17.4. The summed E-state index contributed by atoms with van der Waals surface area (Å²) in [4.78, 5) is 18.7. The number of amides is 1. The summed E-state index contributed by atoms with van der Waals surface area (Å²) in [5.74, 6) is 0.468. The smallest absolute Gasteiger partial charge is 0.416 e. The molecule has 2 N–H and O–H groups in total. The van der Waals surface area contributed by atoms with Crippen molar-refractivity contribution in [2.24, 2.45) is 5.92 Å². The number of hydrogen-bond donors (Lipinski definition) is 2. The molecular formula is C21H23ClF3N3O3. The van der Waals surface area contributed by atoms with Crippen LogP contribution >= 0.6 is 11.6 Å². The van der Waals surface area contributed by atoms with Gasteiger partial charge in [0.15, 0.2) is 0 Å². The molecule has 0 saturated carbocycles. The van der Waals surface area contributed by atoms with E-state index >= 15 is 0 Å². The number of aromatic nitrogens is 1. The molecule has 168 valence electrons. The fourth-order valence-corrected chi connectivity index (χ4v) is 3.41. The molecule has 1 aliphatic heterocycles. The zero-order valence-electron chi connectivity index (χ0n) is 16.6. The van der Waals surface area contributed by atoms with Crippen molar-refractivity contribution in [3.8, 4) is 5.75 Å². The first-order valence-electron chi connectivity index (χ1n) is 9.84. The summed E-state index contributed by atoms with van der Waals surface area (Å²) in [6.45, 7) is 1.07. The number of nitrogens with one attached hydrogen (secondary N) is 1. The van der Waals surface area contributed by atoms with Crippen LogP contribution in [-0.4, -0.2) is 48.3 Å². The van der Waals surface area contributed by atoms with Crippen LogP contribution in [0.1, 0.15) is 18.4 Å². The Hall–Kier alpha value is -2.52. The molecule has 0 spiro atoms. The van der Waals surface area contributed by atoms with Crippen molar-refractivity contribution >= 4 is 23.3 Å². The first-order chi connectivity index (χ1) is 14.7. The Labute approximate surface area is 183 Å². The van der Waals surface area contributed by atoms with Gasteiger partial charge in [-0.25, -0.2) is 4.98 Å². The van der Waals surface area contributed by atoms with Gasteiger partial charge in [0.05, 0.1) is 10.6 Å². The number of aliphatic hydroxyl groups is 1. The van der Waals surface area contributed by atoms with Crippen LogP contribution in [-0.2, 0) is 11.0 Å². The normalized spacial score (nSPS) is 16.1. The molecule has 6 nitrogen and oxygen atoms in total. The molecule has 0 bridgehead atoms. The molecule has 1 aromatic carbocycles. The summed E-state index contributed by atoms with van der Waals surface area (Å²) in [6.07, 6.45) is -2.64. The number of aliphatic hydroxyl groups excluding tert-OH is 1. The van der Waals surface area contributed by atoms with Crippen molar-refractivity contribution < 1.29 is 27.8 Å². The molecule has 1 saturated heterocycles. The van der Waals surface area contributed by atoms with E-state index in [1.807, 2.05) is 6.07 Å². The number of carbonyl (C=O) groups is 1. The summed E-state index contributed by atoms with van der Waals surface area (Å²) in [5, 5.41) is 13.3. The van der Waals surface area contributed by atoms with Crippen LogP contribution in [0.3, 0.4) is 0 Å². The number of halogens is 4. The Morgan fingerprint density at radius 2 is 2.03 bits per heavy atom. The van der Waals surface area contributed by atoms with E-state index in [0.717, 1.165) is 18.0 Å². The van der Waals surface area contributed by atoms with E-state index in [1.165, 1.54) is 12.1 Å². The van der Waals surface area contributed by atoms with Gasteiger partial charge in [-0.2, -0.15) is 13.2 Å². The molecule has 10 heteroatoms. The van der Waals surface area contributed by atoms with Crippen LogP contribution in [0.25, 0.3) is 0 Å². The molecule has 0 aliphatic carbocycles. The molecule has 3 rings (SSSR count). The summed E-state index contributed by atoms with van der Waals surface area (Å²) in [6, 6.07) is 8.03. The fraction of sp³-hybridized carbons (Fsp3) is 0.429. The van der Waals surface area contributed by atoms with Crippen LogP contribution < -0.4 is 15.0 Å². The van der Waals surface area contributed by atoms with Crippen LogP contribution in [0, 0.1) is 5.92 Å². The number of pyridine rings is 1. The number of alkyl halides is 3. The lowest BCUT2D eigenvalue weighted by atomic mass is 9.96. The lowest BCUT2D eigenvalue weighted by Gasteiger charge is -2.32. The number of anilines is 1. The van der Waals surface area contributed by atoms with Crippen molar-refractivity contribution in [3.05, 3.63) is 53.2 Å². The number of rotatable bonds is 7. The predicted octanol–water partition coefficient (Wildman–Crippen LogP) is 3.53. The van der Waals surface area contributed by atoms with Crippen LogP contribution in [0.4, 0.5) is 19.0 Å². The van der Waals surface area contributed by atoms with Gasteiger partial charge in [0.1, 0.15) is 24.3 Å². The minimum atomic E-state index is -4.47. The minimum absolute atomic E-state index is 0.00313. The Bertz CT molecular complexity index is 872. The summed E-state index contributed by atoms with van der Waals surface area (Å²) in [7, 11) is 0. The molecule has 1 atom stereocenters. The number of benzene rings is 1. The van der Waals surface area contributed by atoms with Crippen LogP contribution in [0.5, 0.6) is 5.75 Å². The fourth-order valence-electron chi connectivity index (χ4n) is 3.30. The van der Waals surface area contributed by atoms with E-state index in [0.29, 0.717) is 31.0 Å². The monoisotopic (exact) mass is 457 g/mol. The Kier molecular flexibility index (Phi) is 7.61. The predicted molar refractivity (Wildman–Crippen MR) is 110 cm³/mol. The van der Waals surface area contributed by atoms with Gasteiger partial charge < -0.3 is 20.1 Å². The third-order valence-corrected chi connectivity index (χ3v) is 5.24. The summed E-state index contributed by atoms with van der Waals surface area (Å²) >= 11 is 5.85. The van der Waals surface area contributed by atoms with Crippen LogP contribution in [0.15, 0.2) is 42.6 Å². The first kappa shape index (κ1) is 23.1. The molecule has 0 radical (unpaired) electrons. The number of piperidine rings is 1. The van der Waals surface area contributed by atoms with Gasteiger partial charge in [0, 0.05) is 31.7 Å². The van der Waals surface area contributed by atoms with Gasteiger partial charge in [-0.15, -0.1) is 0 Å². The van der Waals surface area contributed by atoms with Gasteiger partial charge in [-0.3, -0.25) is 4.79 Å². The van der Waals surface area contributed by atoms with Crippen molar-refractivity contribution in [1.29, 1.82) is 0 Å². The number of ether oxygens (including phenoxy) is 1. The summed E-state index contributed by atoms with van der Waals surface area (Å²) < 4.78 is 43.4. The second kappa shape index (κ2) is 10.2. The molecule has 31 heavy (non-hydrogen) atoms. The molecular weight excluding hydrogens is 435 g/mol. The lowest BCUT2D eigenvalue weighted by molar-refractivity contribution is -0.137. The third kappa shape index (κ3) is 6.73. The maximum atomic E-state index is 12.7. The van der Waals surface area contributed by atoms with E-state index in [2.05, 4.69) is 15.2 Å². The number of carbonyl (C=O) groups excluding carboxylic acids is 1. The Balaban J connectivity index is 1.39. The van der Waals surface area contributed by atoms with Gasteiger partial charge in [0.2, 0.25) is 5.91 Å². The molecule has 1 aliphatic rings. The van der Waals surface area contributed by atoms with Crippen LogP contribution in [0.2, 0.25) is 5.02 Å². The van der Waals surface area contributed by atoms with Gasteiger partial charge in [-0.1, -0.05) is 17.7 Å². The van der Waals surface area contributed by atoms with E-state index < -0.39 is 17.8 Å². The molecule has 1 fully saturated rings. The highest BCUT2D eigenvalue weighted by Gasteiger charge is 2.30. The lowest BCUT2D eigenvalue weighted by Crippen LogP contribution is -2.43. The van der Waals surface area contributed by atoms with Gasteiger partial charge >= 0.3 is 6.18 Å². The molecule has 2 heterocycles. The molecule has 1 aromatic heterocycles. The first-order valence-corrected chi connectivity index (χ1v) is 10.2. The van der Waals surface area contributed by atoms with Gasteiger partial charge in [-0.05, 0) is 43.2 Å². The van der Waals surface area contributed by atoms with Gasteiger partial charge in [0.25, 0.3) is 0 Å². The van der Waals surface area contributed by atoms with E-state index in [4.69, 9.17) is 16.3 Å². The van der Waals surface area contributed by atoms with E-state index in [1.54, 1.807) is 12.3 Å². The number of nitrogens with zero attached hydrogens (tertiary/aromatic N) is 2. The minimum Gasteiger partial charge on any atom is -0.491 e. The highest BCUT2D eigenvalue weighted by molar-refractivity contribution is 6.30. The average molecular weight is 458 g/mol. The standard InChI is InChI=1S/C21H23ClF3N3O3/c22-16-4-5-19(26-11-16)28-8-6-14(7-9-28)20(30)27-12-17(29)13-31-18-3-1-2-15(10-18)21(23,24)25/h1-5,10-11,14,17,29H,6-9,12-13H2,(H,27,30). The van der Waals surface area contributed by atoms with E-state index in [9.17, 15) is 23.1 Å². The molecule has 1 amide bonds. The second-order valence-corrected chi connectivity index (χ2v) is 7.77. The third-order valence-electron chi connectivity index (χ3n) is 5.02. The van der Waals surface area contributed by atoms with Crippen molar-refractivity contribution in [2.75, 3.05) is 31.1 Å². The van der Waals surface area contributed by atoms with Crippen molar-refractivity contribution in [1.82, 2.24) is 10.3 Å².